The van der Waals surface area contributed by atoms with Gasteiger partial charge in [0.1, 0.15) is 30.5 Å². The van der Waals surface area contributed by atoms with Crippen LogP contribution in [0.4, 0.5) is 0 Å². The molecule has 0 saturated heterocycles. The van der Waals surface area contributed by atoms with Gasteiger partial charge in [-0.3, -0.25) is 13.6 Å². The van der Waals surface area contributed by atoms with E-state index >= 15 is 0 Å². The first kappa shape index (κ1) is 74.4. The lowest BCUT2D eigenvalue weighted by Crippen LogP contribution is -2.65. The molecule has 460 valence electrons. The Morgan fingerprint density at radius 3 is 1.03 bits per heavy atom. The Morgan fingerprint density at radius 1 is 0.372 bits per heavy atom. The van der Waals surface area contributed by atoms with Crippen molar-refractivity contribution in [3.63, 3.8) is 0 Å². The largest absolute Gasteiger partial charge is 0.695 e. The summed E-state index contributed by atoms with van der Waals surface area (Å²) in [5, 5.41) is 0. The zero-order chi connectivity index (χ0) is 58.2. The van der Waals surface area contributed by atoms with Crippen LogP contribution in [0.2, 0.25) is 0 Å². The quantitative estimate of drug-likeness (QED) is 0.0274. The first-order valence-electron chi connectivity index (χ1n) is 23.6. The van der Waals surface area contributed by atoms with Crippen LogP contribution < -0.4 is 0 Å². The van der Waals surface area contributed by atoms with Crippen molar-refractivity contribution in [1.82, 2.24) is 0 Å². The van der Waals surface area contributed by atoms with Gasteiger partial charge in [-0.05, 0) is 6.16 Å². The van der Waals surface area contributed by atoms with Crippen LogP contribution in [-0.2, 0) is 116 Å². The zero-order valence-corrected chi connectivity index (χ0v) is 49.6. The fourth-order valence-corrected chi connectivity index (χ4v) is 13.2. The predicted molar refractivity (Wildman–Crippen MR) is 266 cm³/mol. The van der Waals surface area contributed by atoms with Gasteiger partial charge in [0.25, 0.3) is 0 Å². The summed E-state index contributed by atoms with van der Waals surface area (Å²) in [6.07, 6.45) is -18.6. The Hall–Kier alpha value is 0.300. The number of methoxy groups -OCH3 is 4. The topological polar surface area (TPSA) is 460 Å². The molecule has 0 heterocycles. The van der Waals surface area contributed by atoms with Crippen LogP contribution in [0.5, 0.6) is 0 Å². The summed E-state index contributed by atoms with van der Waals surface area (Å²) >= 11 is 0. The average molecular weight is 1280 g/mol. The van der Waals surface area contributed by atoms with E-state index in [1.807, 2.05) is 0 Å². The van der Waals surface area contributed by atoms with Crippen molar-refractivity contribution in [1.29, 1.82) is 0 Å². The Labute approximate surface area is 454 Å². The van der Waals surface area contributed by atoms with Crippen molar-refractivity contribution >= 4 is 56.6 Å². The molecule has 41 heteroatoms. The van der Waals surface area contributed by atoms with E-state index in [0.717, 1.165) is 0 Å². The molecule has 0 aromatic heterocycles. The molecular formula is C37H76O34P7+3. The maximum atomic E-state index is 12.8. The summed E-state index contributed by atoms with van der Waals surface area (Å²) in [5.74, 6) is -1.64. The maximum absolute atomic E-state index is 12.8. The molecule has 0 aromatic carbocycles. The van der Waals surface area contributed by atoms with E-state index in [1.54, 1.807) is 0 Å². The molecule has 34 nitrogen and oxygen atoms in total. The van der Waals surface area contributed by atoms with Gasteiger partial charge >= 0.3 is 48.0 Å². The zero-order valence-electron chi connectivity index (χ0n) is 43.2. The van der Waals surface area contributed by atoms with E-state index in [2.05, 4.69) is 0 Å². The summed E-state index contributed by atoms with van der Waals surface area (Å²) in [7, 11) is -21.5. The molecule has 5 unspecified atom stereocenters. The second kappa shape index (κ2) is 41.4. The molecule has 16 atom stereocenters. The highest BCUT2D eigenvalue weighted by atomic mass is 31.2. The Balaban J connectivity index is 2.54. The molecule has 0 aromatic rings. The standard InChI is InChI=1S/C37H73O34P7/c1-53-5-9-57-13-18-62-27-26(25-76(44,45)46)28(34(70-77(47,48)49)29(32(27)67-73(38)39)64-20-15-58-10-6-54-2)63-19-14-60-17-21-65-30-33(68-74(40)41)31(66-22-16-59-11-7-55-3)36(71-78(50,51)52)37(35(30)69-75(42)43)72-24-23-61-12-8-56-4/h26-37,72H,5-25H2,1-4H3,(H6-3,38,39,40,41,42,43,44,45,46,47,48,49,50,51,52)/p+3/t26-,27-,28-,29-,30?,31+,32+,33-,34-,35+,36-,37-/m0/s1. The SMILES string of the molecule is COCCOCCO[C@@H]1[C@@H](OP(=O)(O)O)[C@@H](OCCOCCOC2[C@@H](O[P+](=O)O)[C@H](PCCOCCOC)[C@@H](OP(=O)(O)O)[C@H](OCCOCCOC)[C@H]2O[P+](=O)O)[C@@H](CP(=O)(O)O)[C@H](OCCOCCOC)[C@H]1O[P+](=O)O. The van der Waals surface area contributed by atoms with E-state index in [-0.39, 0.29) is 105 Å². The molecule has 2 fully saturated rings. The molecule has 0 spiro atoms. The number of hydrogen-bond donors (Lipinski definition) is 9. The van der Waals surface area contributed by atoms with Gasteiger partial charge in [0.2, 0.25) is 0 Å². The van der Waals surface area contributed by atoms with Gasteiger partial charge in [-0.2, -0.15) is 0 Å². The van der Waals surface area contributed by atoms with Crippen LogP contribution in [0, 0.1) is 5.92 Å². The fourth-order valence-electron chi connectivity index (χ4n) is 7.95. The van der Waals surface area contributed by atoms with E-state index in [0.29, 0.717) is 0 Å². The van der Waals surface area contributed by atoms with E-state index < -0.39 is 162 Å². The highest BCUT2D eigenvalue weighted by Gasteiger charge is 2.61. The van der Waals surface area contributed by atoms with Crippen LogP contribution in [0.15, 0.2) is 0 Å². The smallest absolute Gasteiger partial charge is 0.382 e. The summed E-state index contributed by atoms with van der Waals surface area (Å²) < 4.78 is 179. The minimum atomic E-state index is -5.58. The molecule has 2 aliphatic carbocycles. The average Bonchev–Trinajstić information content (AvgIpc) is 3.33. The Morgan fingerprint density at radius 2 is 0.667 bits per heavy atom. The molecule has 2 rings (SSSR count). The van der Waals surface area contributed by atoms with E-state index in [1.165, 1.54) is 28.4 Å². The monoisotopic (exact) mass is 1280 g/mol. The Bertz CT molecular complexity index is 1700. The molecule has 0 amide bonds. The summed E-state index contributed by atoms with van der Waals surface area (Å²) in [4.78, 5) is 91.2. The van der Waals surface area contributed by atoms with Gasteiger partial charge < -0.3 is 95.7 Å². The first-order chi connectivity index (χ1) is 37.0. The van der Waals surface area contributed by atoms with Crippen LogP contribution in [0.3, 0.4) is 0 Å². The van der Waals surface area contributed by atoms with Crippen molar-refractivity contribution < 1.29 is 160 Å². The van der Waals surface area contributed by atoms with Crippen LogP contribution in [0.1, 0.15) is 0 Å². The maximum Gasteiger partial charge on any atom is 0.695 e. The lowest BCUT2D eigenvalue weighted by molar-refractivity contribution is -0.232. The second-order valence-electron chi connectivity index (χ2n) is 16.2. The highest BCUT2D eigenvalue weighted by molar-refractivity contribution is 7.51. The molecule has 0 aliphatic heterocycles. The third kappa shape index (κ3) is 31.4. The minimum absolute atomic E-state index is 0.0585. The third-order valence-electron chi connectivity index (χ3n) is 10.8. The van der Waals surface area contributed by atoms with Crippen LogP contribution in [-0.4, -0.2) is 277 Å². The first-order valence-corrected chi connectivity index (χ1v) is 33.2. The minimum Gasteiger partial charge on any atom is -0.382 e. The molecule has 2 saturated carbocycles. The number of rotatable bonds is 48. The fraction of sp³-hybridized carbons (Fsp3) is 1.00. The second-order valence-corrected chi connectivity index (χ2v) is 24.0. The molecule has 78 heavy (non-hydrogen) atoms. The Kier molecular flexibility index (Phi) is 39.5. The summed E-state index contributed by atoms with van der Waals surface area (Å²) in [5.41, 5.74) is -1.26. The molecular weight excluding hydrogens is 1210 g/mol. The van der Waals surface area contributed by atoms with Gasteiger partial charge in [0, 0.05) is 53.7 Å². The number of phosphoric acid groups is 2. The lowest BCUT2D eigenvalue weighted by atomic mass is 9.79. The van der Waals surface area contributed by atoms with Gasteiger partial charge in [-0.25, -0.2) is 9.13 Å². The normalized spacial score (nSPS) is 27.0. The van der Waals surface area contributed by atoms with E-state index in [9.17, 15) is 71.4 Å². The van der Waals surface area contributed by atoms with Crippen LogP contribution in [0.25, 0.3) is 0 Å². The molecule has 0 bridgehead atoms. The van der Waals surface area contributed by atoms with E-state index in [4.69, 9.17) is 88.9 Å². The van der Waals surface area contributed by atoms with Gasteiger partial charge in [-0.1, -0.05) is 0 Å². The molecule has 0 radical (unpaired) electrons. The number of phosphoric ester groups is 2. The number of hydrogen-bond acceptors (Lipinski definition) is 25. The third-order valence-corrected chi connectivity index (χ3v) is 15.6. The predicted octanol–water partition coefficient (Wildman–Crippen LogP) is -0.490. The van der Waals surface area contributed by atoms with Crippen molar-refractivity contribution in [2.75, 3.05) is 166 Å². The molecule has 9 N–H and O–H groups in total. The molecule has 2 aliphatic rings. The number of ether oxygens (including phenoxy) is 14. The van der Waals surface area contributed by atoms with Gasteiger partial charge in [0.15, 0.2) is 18.3 Å². The van der Waals surface area contributed by atoms with Crippen molar-refractivity contribution in [3.05, 3.63) is 0 Å². The van der Waals surface area contributed by atoms with Crippen molar-refractivity contribution in [2.45, 2.75) is 66.7 Å². The highest BCUT2D eigenvalue weighted by Crippen LogP contribution is 2.52. The summed E-state index contributed by atoms with van der Waals surface area (Å²) in [6.45, 7) is -2.07. The van der Waals surface area contributed by atoms with Gasteiger partial charge in [0.05, 0.1) is 144 Å². The summed E-state index contributed by atoms with van der Waals surface area (Å²) in [6, 6.07) is 0. The lowest BCUT2D eigenvalue weighted by Gasteiger charge is -2.48. The van der Waals surface area contributed by atoms with Crippen LogP contribution >= 0.6 is 56.6 Å². The van der Waals surface area contributed by atoms with Crippen molar-refractivity contribution in [2.24, 2.45) is 5.92 Å². The van der Waals surface area contributed by atoms with Crippen molar-refractivity contribution in [3.8, 4) is 0 Å². The van der Waals surface area contributed by atoms with Gasteiger partial charge in [-0.15, -0.1) is 36.8 Å².